The Balaban J connectivity index is 1.44. The van der Waals surface area contributed by atoms with Crippen LogP contribution in [0.25, 0.3) is 10.7 Å². The summed E-state index contributed by atoms with van der Waals surface area (Å²) in [4.78, 5) is 31.7. The van der Waals surface area contributed by atoms with Crippen molar-refractivity contribution in [1.29, 1.82) is 0 Å². The summed E-state index contributed by atoms with van der Waals surface area (Å²) in [5.41, 5.74) is 1.97. The Bertz CT molecular complexity index is 1130. The molecule has 0 unspecified atom stereocenters. The zero-order chi connectivity index (χ0) is 24.2. The molecule has 2 heterocycles. The minimum Gasteiger partial charge on any atom is -0.351 e. The molecule has 9 heteroatoms. The van der Waals surface area contributed by atoms with Crippen molar-refractivity contribution in [2.24, 2.45) is 0 Å². The first-order chi connectivity index (χ1) is 17.1. The predicted octanol–water partition coefficient (Wildman–Crippen LogP) is 4.28. The van der Waals surface area contributed by atoms with Gasteiger partial charge in [-0.1, -0.05) is 61.6 Å². The van der Waals surface area contributed by atoms with Crippen LogP contribution in [0.2, 0.25) is 0 Å². The summed E-state index contributed by atoms with van der Waals surface area (Å²) < 4.78 is 0. The van der Waals surface area contributed by atoms with Crippen LogP contribution in [0.5, 0.6) is 0 Å². The second kappa shape index (κ2) is 10.7. The van der Waals surface area contributed by atoms with Crippen molar-refractivity contribution in [3.63, 3.8) is 0 Å². The molecule has 2 aliphatic rings. The molecule has 35 heavy (non-hydrogen) atoms. The van der Waals surface area contributed by atoms with Crippen LogP contribution < -0.4 is 5.32 Å². The van der Waals surface area contributed by atoms with Crippen LogP contribution in [-0.2, 0) is 16.1 Å². The largest absolute Gasteiger partial charge is 0.351 e. The summed E-state index contributed by atoms with van der Waals surface area (Å²) >= 11 is 1.53. The molecule has 0 bridgehead atoms. The summed E-state index contributed by atoms with van der Waals surface area (Å²) in [5, 5.41) is 17.9. The molecule has 2 aromatic heterocycles. The maximum Gasteiger partial charge on any atom is 0.247 e. The van der Waals surface area contributed by atoms with Gasteiger partial charge in [0.25, 0.3) is 0 Å². The first kappa shape index (κ1) is 23.7. The molecule has 8 nitrogen and oxygen atoms in total. The van der Waals surface area contributed by atoms with Crippen LogP contribution in [0.3, 0.4) is 0 Å². The minimum absolute atomic E-state index is 0.0171. The van der Waals surface area contributed by atoms with E-state index in [1.165, 1.54) is 16.1 Å². The molecule has 2 aliphatic carbocycles. The summed E-state index contributed by atoms with van der Waals surface area (Å²) in [6.45, 7) is 1.98. The molecule has 2 saturated carbocycles. The van der Waals surface area contributed by atoms with Crippen molar-refractivity contribution in [2.75, 3.05) is 0 Å². The number of hydrogen-bond acceptors (Lipinski definition) is 6. The van der Waals surface area contributed by atoms with Gasteiger partial charge in [-0.3, -0.25) is 9.59 Å². The van der Waals surface area contributed by atoms with E-state index in [0.717, 1.165) is 67.4 Å². The average Bonchev–Trinajstić information content (AvgIpc) is 3.66. The van der Waals surface area contributed by atoms with E-state index in [-0.39, 0.29) is 30.4 Å². The Kier molecular flexibility index (Phi) is 7.22. The highest BCUT2D eigenvalue weighted by Gasteiger charge is 2.38. The van der Waals surface area contributed by atoms with Crippen molar-refractivity contribution in [3.05, 3.63) is 52.9 Å². The van der Waals surface area contributed by atoms with E-state index < -0.39 is 6.04 Å². The van der Waals surface area contributed by atoms with E-state index in [4.69, 9.17) is 0 Å². The molecule has 1 N–H and O–H groups in total. The normalized spacial score (nSPS) is 17.5. The fraction of sp³-hybridized carbons (Fsp3) is 0.500. The third kappa shape index (κ3) is 5.45. The molecule has 0 aliphatic heterocycles. The van der Waals surface area contributed by atoms with Crippen LogP contribution in [0.15, 0.2) is 41.8 Å². The van der Waals surface area contributed by atoms with Gasteiger partial charge in [-0.05, 0) is 54.8 Å². The summed E-state index contributed by atoms with van der Waals surface area (Å²) in [5.74, 6) is 0.264. The maximum atomic E-state index is 13.8. The predicted molar refractivity (Wildman–Crippen MR) is 135 cm³/mol. The molecule has 1 aromatic carbocycles. The molecule has 0 radical (unpaired) electrons. The Morgan fingerprint density at radius 3 is 2.49 bits per heavy atom. The van der Waals surface area contributed by atoms with Crippen LogP contribution in [0.1, 0.15) is 68.5 Å². The second-order valence-electron chi connectivity index (χ2n) is 9.66. The first-order valence-corrected chi connectivity index (χ1v) is 13.5. The van der Waals surface area contributed by atoms with Crippen molar-refractivity contribution in [1.82, 2.24) is 30.4 Å². The quantitative estimate of drug-likeness (QED) is 0.507. The maximum absolute atomic E-state index is 13.8. The summed E-state index contributed by atoms with van der Waals surface area (Å²) in [7, 11) is 0. The lowest BCUT2D eigenvalue weighted by atomic mass is 9.99. The average molecular weight is 493 g/mol. The Labute approximate surface area is 209 Å². The number of aryl methyl sites for hydroxylation is 1. The van der Waals surface area contributed by atoms with Gasteiger partial charge in [0.2, 0.25) is 17.6 Å². The van der Waals surface area contributed by atoms with Gasteiger partial charge in [0.05, 0.1) is 4.88 Å². The monoisotopic (exact) mass is 492 g/mol. The van der Waals surface area contributed by atoms with Gasteiger partial charge in [0.15, 0.2) is 0 Å². The van der Waals surface area contributed by atoms with Gasteiger partial charge >= 0.3 is 0 Å². The number of amides is 2. The zero-order valence-corrected chi connectivity index (χ0v) is 20.9. The van der Waals surface area contributed by atoms with Gasteiger partial charge in [-0.25, -0.2) is 0 Å². The van der Waals surface area contributed by atoms with E-state index >= 15 is 0 Å². The van der Waals surface area contributed by atoms with Gasteiger partial charge < -0.3 is 10.2 Å². The number of carbonyl (C=O) groups excluding carboxylic acids is 2. The Morgan fingerprint density at radius 2 is 1.80 bits per heavy atom. The van der Waals surface area contributed by atoms with Gasteiger partial charge in [-0.15, -0.1) is 21.5 Å². The molecule has 0 spiro atoms. The number of hydrogen-bond donors (Lipinski definition) is 1. The van der Waals surface area contributed by atoms with E-state index in [1.807, 2.05) is 53.6 Å². The van der Waals surface area contributed by atoms with Crippen LogP contribution in [0.4, 0.5) is 0 Å². The van der Waals surface area contributed by atoms with Crippen LogP contribution in [0, 0.1) is 6.92 Å². The lowest BCUT2D eigenvalue weighted by Crippen LogP contribution is -2.50. The standard InChI is InChI=1S/C26H32N6O2S/c1-18-12-14-19(15-13-18)24(26(34)27-20-7-2-3-8-20)32(21-9-4-5-10-21)23(33)17-31-29-25(28-30-31)22-11-6-16-35-22/h6,11-16,20-21,24H,2-5,7-10,17H2,1H3,(H,27,34)/t24-/m1/s1. The molecular weight excluding hydrogens is 460 g/mol. The molecule has 2 amide bonds. The van der Waals surface area contributed by atoms with Crippen molar-refractivity contribution in [2.45, 2.75) is 83.0 Å². The van der Waals surface area contributed by atoms with E-state index in [0.29, 0.717) is 5.82 Å². The van der Waals surface area contributed by atoms with Gasteiger partial charge in [0, 0.05) is 12.1 Å². The number of benzene rings is 1. The fourth-order valence-electron chi connectivity index (χ4n) is 5.30. The molecule has 2 fully saturated rings. The first-order valence-electron chi connectivity index (χ1n) is 12.6. The fourth-order valence-corrected chi connectivity index (χ4v) is 5.94. The molecule has 5 rings (SSSR count). The summed E-state index contributed by atoms with van der Waals surface area (Å²) in [6.07, 6.45) is 8.18. The van der Waals surface area contributed by atoms with Gasteiger partial charge in [0.1, 0.15) is 12.6 Å². The third-order valence-electron chi connectivity index (χ3n) is 7.10. The Morgan fingerprint density at radius 1 is 1.09 bits per heavy atom. The summed E-state index contributed by atoms with van der Waals surface area (Å²) in [6, 6.07) is 11.4. The number of rotatable bonds is 8. The number of aromatic nitrogens is 4. The number of thiophene rings is 1. The number of nitrogens with zero attached hydrogens (tertiary/aromatic N) is 5. The van der Waals surface area contributed by atoms with Crippen molar-refractivity contribution < 1.29 is 9.59 Å². The molecule has 0 saturated heterocycles. The van der Waals surface area contributed by atoms with Gasteiger partial charge in [-0.2, -0.15) is 4.80 Å². The van der Waals surface area contributed by atoms with E-state index in [2.05, 4.69) is 20.7 Å². The lowest BCUT2D eigenvalue weighted by molar-refractivity contribution is -0.144. The number of tetrazole rings is 1. The zero-order valence-electron chi connectivity index (χ0n) is 20.1. The lowest BCUT2D eigenvalue weighted by Gasteiger charge is -2.36. The van der Waals surface area contributed by atoms with Crippen LogP contribution in [-0.4, -0.2) is 49.0 Å². The number of carbonyl (C=O) groups is 2. The van der Waals surface area contributed by atoms with E-state index in [1.54, 1.807) is 0 Å². The highest BCUT2D eigenvalue weighted by molar-refractivity contribution is 7.13. The SMILES string of the molecule is Cc1ccc([C@H](C(=O)NC2CCCC2)N(C(=O)Cn2nnc(-c3cccs3)n2)C2CCCC2)cc1. The third-order valence-corrected chi connectivity index (χ3v) is 7.96. The minimum atomic E-state index is -0.674. The second-order valence-corrected chi connectivity index (χ2v) is 10.6. The number of nitrogens with one attached hydrogen (secondary N) is 1. The van der Waals surface area contributed by atoms with Crippen molar-refractivity contribution in [3.8, 4) is 10.7 Å². The highest BCUT2D eigenvalue weighted by Crippen LogP contribution is 2.33. The highest BCUT2D eigenvalue weighted by atomic mass is 32.1. The topological polar surface area (TPSA) is 93.0 Å². The Hall–Kier alpha value is -3.07. The molecule has 184 valence electrons. The van der Waals surface area contributed by atoms with E-state index in [9.17, 15) is 9.59 Å². The smallest absolute Gasteiger partial charge is 0.247 e. The molecule has 3 aromatic rings. The molecular formula is C26H32N6O2S. The van der Waals surface area contributed by atoms with Crippen LogP contribution >= 0.6 is 11.3 Å². The molecule has 1 atom stereocenters. The van der Waals surface area contributed by atoms with Crippen molar-refractivity contribution >= 4 is 23.2 Å².